The molecule has 2 aliphatic rings. The maximum Gasteiger partial charge on any atom is 0.227 e. The van der Waals surface area contributed by atoms with E-state index in [1.54, 1.807) is 0 Å². The number of likely N-dealkylation sites (tertiary alicyclic amines) is 2. The Morgan fingerprint density at radius 2 is 1.68 bits per heavy atom. The van der Waals surface area contributed by atoms with Crippen molar-refractivity contribution in [3.8, 4) is 0 Å². The zero-order valence-electron chi connectivity index (χ0n) is 22.9. The van der Waals surface area contributed by atoms with Crippen molar-refractivity contribution < 1.29 is 18.4 Å². The molecule has 8 heteroatoms. The van der Waals surface area contributed by atoms with Gasteiger partial charge in [-0.25, -0.2) is 8.78 Å². The van der Waals surface area contributed by atoms with Crippen LogP contribution in [-0.4, -0.2) is 53.3 Å². The van der Waals surface area contributed by atoms with Gasteiger partial charge in [-0.2, -0.15) is 0 Å². The summed E-state index contributed by atoms with van der Waals surface area (Å²) in [7, 11) is 0. The number of piperidine rings is 1. The number of rotatable bonds is 5. The zero-order valence-corrected chi connectivity index (χ0v) is 23.6. The van der Waals surface area contributed by atoms with E-state index < -0.39 is 17.6 Å². The molecule has 2 heterocycles. The van der Waals surface area contributed by atoms with Gasteiger partial charge in [0.15, 0.2) is 0 Å². The first-order valence-electron chi connectivity index (χ1n) is 13.4. The molecule has 0 saturated carbocycles. The molecule has 2 aromatic carbocycles. The Hall–Kier alpha value is -2.51. The first kappa shape index (κ1) is 28.5. The smallest absolute Gasteiger partial charge is 0.227 e. The van der Waals surface area contributed by atoms with Crippen molar-refractivity contribution in [2.24, 2.45) is 5.92 Å². The molecule has 0 aliphatic carbocycles. The van der Waals surface area contributed by atoms with E-state index in [1.807, 2.05) is 30.0 Å². The van der Waals surface area contributed by atoms with Gasteiger partial charge in [0, 0.05) is 55.6 Å². The van der Waals surface area contributed by atoms with E-state index in [2.05, 4.69) is 31.0 Å². The normalized spacial score (nSPS) is 21.9. The van der Waals surface area contributed by atoms with Gasteiger partial charge in [-0.3, -0.25) is 14.5 Å². The van der Waals surface area contributed by atoms with E-state index in [1.165, 1.54) is 19.1 Å². The molecule has 206 valence electrons. The molecule has 0 aromatic heterocycles. The minimum Gasteiger partial charge on any atom is -0.350 e. The fourth-order valence-electron chi connectivity index (χ4n) is 6.04. The highest BCUT2D eigenvalue weighted by Crippen LogP contribution is 2.40. The summed E-state index contributed by atoms with van der Waals surface area (Å²) in [6.45, 7) is 12.0. The predicted octanol–water partition coefficient (Wildman–Crippen LogP) is 6.04. The fourth-order valence-corrected chi connectivity index (χ4v) is 6.22. The average Bonchev–Trinajstić information content (AvgIpc) is 3.29. The molecule has 2 fully saturated rings. The van der Waals surface area contributed by atoms with Gasteiger partial charge in [0.2, 0.25) is 11.8 Å². The van der Waals surface area contributed by atoms with E-state index in [-0.39, 0.29) is 35.2 Å². The van der Waals surface area contributed by atoms with Gasteiger partial charge in [0.25, 0.3) is 0 Å². The van der Waals surface area contributed by atoms with Crippen molar-refractivity contribution >= 4 is 23.4 Å². The Bertz CT molecular complexity index is 1190. The molecule has 2 amide bonds. The SMILES string of the molecule is CC(=O)NC(C)c1cc(Cl)ccc1C1CCN(C(=O)[C@@H]2CN(C(C)(C)C)C[C@H]2c2ccc(F)cc2F)CC1. The lowest BCUT2D eigenvalue weighted by Crippen LogP contribution is -2.44. The molecule has 38 heavy (non-hydrogen) atoms. The van der Waals surface area contributed by atoms with E-state index in [0.29, 0.717) is 36.8 Å². The topological polar surface area (TPSA) is 52.7 Å². The predicted molar refractivity (Wildman–Crippen MR) is 146 cm³/mol. The quantitative estimate of drug-likeness (QED) is 0.499. The molecule has 3 atom stereocenters. The first-order chi connectivity index (χ1) is 17.8. The second-order valence-corrected chi connectivity index (χ2v) is 12.2. The summed E-state index contributed by atoms with van der Waals surface area (Å²) in [6.07, 6.45) is 1.58. The number of nitrogens with one attached hydrogen (secondary N) is 1. The molecule has 5 nitrogen and oxygen atoms in total. The second kappa shape index (κ2) is 11.3. The molecule has 4 rings (SSSR count). The summed E-state index contributed by atoms with van der Waals surface area (Å²) in [6, 6.07) is 9.32. The largest absolute Gasteiger partial charge is 0.350 e. The summed E-state index contributed by atoms with van der Waals surface area (Å²) in [5.74, 6) is -1.76. The lowest BCUT2D eigenvalue weighted by molar-refractivity contribution is -0.136. The minimum absolute atomic E-state index is 0.0341. The van der Waals surface area contributed by atoms with Gasteiger partial charge < -0.3 is 10.2 Å². The second-order valence-electron chi connectivity index (χ2n) is 11.7. The Labute approximate surface area is 229 Å². The van der Waals surface area contributed by atoms with E-state index in [4.69, 9.17) is 11.6 Å². The van der Waals surface area contributed by atoms with Crippen molar-refractivity contribution in [1.29, 1.82) is 0 Å². The fraction of sp³-hybridized carbons (Fsp3) is 0.533. The minimum atomic E-state index is -0.615. The van der Waals surface area contributed by atoms with E-state index >= 15 is 0 Å². The van der Waals surface area contributed by atoms with Crippen molar-refractivity contribution in [2.45, 2.75) is 70.9 Å². The van der Waals surface area contributed by atoms with Crippen molar-refractivity contribution in [1.82, 2.24) is 15.1 Å². The van der Waals surface area contributed by atoms with Crippen molar-refractivity contribution in [2.75, 3.05) is 26.2 Å². The van der Waals surface area contributed by atoms with Gasteiger partial charge in [-0.05, 0) is 81.3 Å². The van der Waals surface area contributed by atoms with Gasteiger partial charge in [-0.15, -0.1) is 0 Å². The van der Waals surface area contributed by atoms with E-state index in [9.17, 15) is 18.4 Å². The van der Waals surface area contributed by atoms with Crippen LogP contribution in [0, 0.1) is 17.6 Å². The molecule has 2 aromatic rings. The number of carbonyl (C=O) groups is 2. The summed E-state index contributed by atoms with van der Waals surface area (Å²) in [4.78, 5) is 29.7. The lowest BCUT2D eigenvalue weighted by Gasteiger charge is -2.36. The van der Waals surface area contributed by atoms with Crippen LogP contribution in [0.5, 0.6) is 0 Å². The van der Waals surface area contributed by atoms with Crippen molar-refractivity contribution in [3.05, 3.63) is 69.7 Å². The standard InChI is InChI=1S/C30H38ClF2N3O2/c1-18(34-19(2)37)25-14-21(31)6-8-23(25)20-10-12-35(13-11-20)29(38)27-17-36(30(3,4)5)16-26(27)24-9-7-22(32)15-28(24)33/h6-9,14-15,18,20,26-27H,10-13,16-17H2,1-5H3,(H,34,37)/t18?,26-,27+/m0/s1. The number of hydrogen-bond donors (Lipinski definition) is 1. The number of benzene rings is 2. The summed E-state index contributed by atoms with van der Waals surface area (Å²) in [5.41, 5.74) is 2.38. The number of halogens is 3. The van der Waals surface area contributed by atoms with Gasteiger partial charge in [0.1, 0.15) is 11.6 Å². The maximum absolute atomic E-state index is 14.8. The summed E-state index contributed by atoms with van der Waals surface area (Å²) in [5, 5.41) is 3.58. The monoisotopic (exact) mass is 545 g/mol. The van der Waals surface area contributed by atoms with Crippen LogP contribution >= 0.6 is 11.6 Å². The first-order valence-corrected chi connectivity index (χ1v) is 13.8. The number of nitrogens with zero attached hydrogens (tertiary/aromatic N) is 2. The highest BCUT2D eigenvalue weighted by Gasteiger charge is 2.44. The third-order valence-corrected chi connectivity index (χ3v) is 8.36. The maximum atomic E-state index is 14.8. The van der Waals surface area contributed by atoms with Crippen molar-refractivity contribution in [3.63, 3.8) is 0 Å². The number of carbonyl (C=O) groups excluding carboxylic acids is 2. The molecule has 1 unspecified atom stereocenters. The van der Waals surface area contributed by atoms with Gasteiger partial charge in [-0.1, -0.05) is 23.7 Å². The molecule has 2 aliphatic heterocycles. The van der Waals surface area contributed by atoms with Crippen LogP contribution in [0.3, 0.4) is 0 Å². The molecule has 0 radical (unpaired) electrons. The molecule has 1 N–H and O–H groups in total. The Balaban J connectivity index is 1.51. The Kier molecular flexibility index (Phi) is 8.48. The Morgan fingerprint density at radius 1 is 1.03 bits per heavy atom. The highest BCUT2D eigenvalue weighted by molar-refractivity contribution is 6.30. The molecular formula is C30H38ClF2N3O2. The summed E-state index contributed by atoms with van der Waals surface area (Å²) >= 11 is 6.28. The third kappa shape index (κ3) is 6.20. The van der Waals surface area contributed by atoms with Crippen LogP contribution in [-0.2, 0) is 9.59 Å². The number of amides is 2. The lowest BCUT2D eigenvalue weighted by atomic mass is 9.83. The van der Waals surface area contributed by atoms with Crippen LogP contribution in [0.25, 0.3) is 0 Å². The van der Waals surface area contributed by atoms with Crippen LogP contribution in [0.2, 0.25) is 5.02 Å². The zero-order chi connectivity index (χ0) is 27.8. The Morgan fingerprint density at radius 3 is 2.29 bits per heavy atom. The third-order valence-electron chi connectivity index (χ3n) is 8.13. The van der Waals surface area contributed by atoms with Gasteiger partial charge in [0.05, 0.1) is 12.0 Å². The number of hydrogen-bond acceptors (Lipinski definition) is 3. The molecule has 2 saturated heterocycles. The van der Waals surface area contributed by atoms with Crippen LogP contribution in [0.15, 0.2) is 36.4 Å². The average molecular weight is 546 g/mol. The molecule has 0 bridgehead atoms. The van der Waals surface area contributed by atoms with E-state index in [0.717, 1.165) is 30.0 Å². The highest BCUT2D eigenvalue weighted by atomic mass is 35.5. The van der Waals surface area contributed by atoms with Crippen LogP contribution in [0.1, 0.15) is 82.0 Å². The van der Waals surface area contributed by atoms with Gasteiger partial charge >= 0.3 is 0 Å². The summed E-state index contributed by atoms with van der Waals surface area (Å²) < 4.78 is 28.5. The van der Waals surface area contributed by atoms with Crippen LogP contribution in [0.4, 0.5) is 8.78 Å². The van der Waals surface area contributed by atoms with Crippen LogP contribution < -0.4 is 5.32 Å². The molecule has 0 spiro atoms. The molecular weight excluding hydrogens is 508 g/mol.